The summed E-state index contributed by atoms with van der Waals surface area (Å²) in [6, 6.07) is 3.26. The van der Waals surface area contributed by atoms with Crippen molar-refractivity contribution in [3.63, 3.8) is 0 Å². The van der Waals surface area contributed by atoms with Gasteiger partial charge < -0.3 is 20.6 Å². The highest BCUT2D eigenvalue weighted by atomic mass is 16.3. The summed E-state index contributed by atoms with van der Waals surface area (Å²) in [6.07, 6.45) is -2.37. The van der Waals surface area contributed by atoms with Gasteiger partial charge in [-0.15, -0.1) is 0 Å². The molecule has 0 aromatic heterocycles. The number of β-amino-alcohol motifs (C(OH)–C–C–N with tert-alkyl or cyclic N) is 1. The molecule has 96 valence electrons. The van der Waals surface area contributed by atoms with E-state index in [0.29, 0.717) is 0 Å². The molecule has 4 nitrogen and oxygen atoms in total. The van der Waals surface area contributed by atoms with Crippen molar-refractivity contribution in [2.24, 2.45) is 0 Å². The Hall–Kier alpha value is -1.10. The van der Waals surface area contributed by atoms with Crippen molar-refractivity contribution in [2.45, 2.75) is 38.9 Å². The fourth-order valence-electron chi connectivity index (χ4n) is 1.15. The first-order chi connectivity index (χ1) is 9.25. The van der Waals surface area contributed by atoms with Gasteiger partial charge in [0, 0.05) is 19.0 Å². The third-order valence-electron chi connectivity index (χ3n) is 2.05. The molecule has 0 saturated carbocycles. The van der Waals surface area contributed by atoms with E-state index in [4.69, 9.17) is 5.48 Å². The quantitative estimate of drug-likeness (QED) is 0.643. The van der Waals surface area contributed by atoms with Crippen LogP contribution in [0.2, 0.25) is 0 Å². The molecular weight excluding hydrogens is 218 g/mol. The predicted molar refractivity (Wildman–Crippen MR) is 66.7 cm³/mol. The van der Waals surface area contributed by atoms with E-state index in [1.165, 1.54) is 6.07 Å². The van der Waals surface area contributed by atoms with Gasteiger partial charge in [-0.2, -0.15) is 0 Å². The maximum atomic E-state index is 10.2. The van der Waals surface area contributed by atoms with E-state index >= 15 is 0 Å². The highest BCUT2D eigenvalue weighted by Crippen LogP contribution is 2.22. The summed E-state index contributed by atoms with van der Waals surface area (Å²) in [7, 11) is 0. The van der Waals surface area contributed by atoms with Gasteiger partial charge in [0.25, 0.3) is 0 Å². The predicted octanol–water partition coefficient (Wildman–Crippen LogP) is 1.31. The lowest BCUT2D eigenvalue weighted by Gasteiger charge is -2.23. The Morgan fingerprint density at radius 3 is 2.65 bits per heavy atom. The molecule has 2 unspecified atom stereocenters. The minimum absolute atomic E-state index is 0.107. The molecule has 0 aliphatic rings. The molecule has 1 aromatic carbocycles. The number of benzene rings is 1. The number of hydrogen-bond acceptors (Lipinski definition) is 4. The molecule has 4 N–H and O–H groups in total. The monoisotopic (exact) mass is 243 g/mol. The SMILES string of the molecule is [2H]C(NC(C)(C)C)C([2H])(O)c1ccc(O)c(C([2H])([2H])O)c1. The Balaban J connectivity index is 3.20. The van der Waals surface area contributed by atoms with E-state index < -0.39 is 36.0 Å². The molecule has 1 aromatic rings. The van der Waals surface area contributed by atoms with Crippen LogP contribution in [0.15, 0.2) is 18.2 Å². The van der Waals surface area contributed by atoms with Crippen LogP contribution in [0.4, 0.5) is 0 Å². The first-order valence-corrected chi connectivity index (χ1v) is 5.24. The second-order valence-electron chi connectivity index (χ2n) is 4.77. The van der Waals surface area contributed by atoms with Gasteiger partial charge in [-0.1, -0.05) is 6.07 Å². The maximum Gasteiger partial charge on any atom is 0.121 e. The van der Waals surface area contributed by atoms with Crippen LogP contribution in [-0.2, 0) is 6.56 Å². The Kier molecular flexibility index (Phi) is 2.88. The zero-order valence-electron chi connectivity index (χ0n) is 14.2. The summed E-state index contributed by atoms with van der Waals surface area (Å²) in [5.41, 5.74) is -1.08. The van der Waals surface area contributed by atoms with Gasteiger partial charge >= 0.3 is 0 Å². The minimum atomic E-state index is -2.81. The van der Waals surface area contributed by atoms with Crippen molar-refractivity contribution in [2.75, 3.05) is 6.52 Å². The average molecular weight is 243 g/mol. The van der Waals surface area contributed by atoms with E-state index in [0.717, 1.165) is 12.1 Å². The number of phenols is 1. The molecule has 0 amide bonds. The molecule has 0 aliphatic heterocycles. The number of aromatic hydroxyl groups is 1. The van der Waals surface area contributed by atoms with Crippen LogP contribution in [0.1, 0.15) is 43.5 Å². The molecular formula is C13H21NO3. The van der Waals surface area contributed by atoms with Gasteiger partial charge in [0.05, 0.1) is 16.8 Å². The van der Waals surface area contributed by atoms with Crippen LogP contribution >= 0.6 is 0 Å². The molecule has 0 aliphatic carbocycles. The standard InChI is InChI=1S/C13H21NO3/c1-13(2,3)14-7-12(17)9-4-5-11(16)10(6-9)8-15/h4-6,12,14-17H,7-8H2,1-3H3/i7D,8D2,12D. The fourth-order valence-corrected chi connectivity index (χ4v) is 1.15. The molecule has 0 spiro atoms. The van der Waals surface area contributed by atoms with Crippen molar-refractivity contribution in [1.82, 2.24) is 5.32 Å². The molecule has 0 saturated heterocycles. The van der Waals surface area contributed by atoms with Gasteiger partial charge in [0.15, 0.2) is 0 Å². The van der Waals surface area contributed by atoms with Crippen LogP contribution in [-0.4, -0.2) is 27.4 Å². The molecule has 4 heteroatoms. The lowest BCUT2D eigenvalue weighted by molar-refractivity contribution is 0.163. The van der Waals surface area contributed by atoms with Crippen molar-refractivity contribution in [3.8, 4) is 5.75 Å². The molecule has 1 rings (SSSR count). The van der Waals surface area contributed by atoms with Crippen LogP contribution in [0.25, 0.3) is 0 Å². The van der Waals surface area contributed by atoms with Crippen LogP contribution in [0, 0.1) is 0 Å². The second-order valence-corrected chi connectivity index (χ2v) is 4.77. The highest BCUT2D eigenvalue weighted by molar-refractivity contribution is 5.36. The molecule has 0 bridgehead atoms. The number of nitrogens with one attached hydrogen (secondary N) is 1. The largest absolute Gasteiger partial charge is 0.508 e. The highest BCUT2D eigenvalue weighted by Gasteiger charge is 2.14. The zero-order valence-corrected chi connectivity index (χ0v) is 10.2. The minimum Gasteiger partial charge on any atom is -0.508 e. The van der Waals surface area contributed by atoms with Crippen molar-refractivity contribution in [1.29, 1.82) is 0 Å². The summed E-state index contributed by atoms with van der Waals surface area (Å²) in [5, 5.41) is 31.9. The van der Waals surface area contributed by atoms with E-state index in [1.54, 1.807) is 20.8 Å². The number of rotatable bonds is 4. The lowest BCUT2D eigenvalue weighted by Crippen LogP contribution is -2.38. The summed E-state index contributed by atoms with van der Waals surface area (Å²) in [5.74, 6) is -0.493. The van der Waals surface area contributed by atoms with Crippen molar-refractivity contribution < 1.29 is 20.8 Å². The van der Waals surface area contributed by atoms with Gasteiger partial charge in [-0.25, -0.2) is 0 Å². The smallest absolute Gasteiger partial charge is 0.121 e. The summed E-state index contributed by atoms with van der Waals surface area (Å²) >= 11 is 0. The van der Waals surface area contributed by atoms with Crippen LogP contribution in [0.3, 0.4) is 0 Å². The summed E-state index contributed by atoms with van der Waals surface area (Å²) < 4.78 is 30.3. The van der Waals surface area contributed by atoms with Gasteiger partial charge in [0.2, 0.25) is 0 Å². The topological polar surface area (TPSA) is 72.7 Å². The van der Waals surface area contributed by atoms with Crippen LogP contribution in [0.5, 0.6) is 5.75 Å². The van der Waals surface area contributed by atoms with Crippen molar-refractivity contribution >= 4 is 0 Å². The Morgan fingerprint density at radius 1 is 1.47 bits per heavy atom. The average Bonchev–Trinajstić information content (AvgIpc) is 2.25. The lowest BCUT2D eigenvalue weighted by atomic mass is 10.0. The van der Waals surface area contributed by atoms with E-state index in [9.17, 15) is 15.3 Å². The van der Waals surface area contributed by atoms with Gasteiger partial charge in [-0.05, 0) is 38.5 Å². The Labute approximate surface area is 108 Å². The number of hydrogen-bond donors (Lipinski definition) is 4. The van der Waals surface area contributed by atoms with E-state index in [1.807, 2.05) is 0 Å². The van der Waals surface area contributed by atoms with E-state index in [2.05, 4.69) is 5.32 Å². The molecule has 2 atom stereocenters. The second kappa shape index (κ2) is 5.49. The first kappa shape index (κ1) is 8.91. The van der Waals surface area contributed by atoms with Gasteiger partial charge in [-0.3, -0.25) is 0 Å². The zero-order chi connectivity index (χ0) is 16.6. The molecule has 0 radical (unpaired) electrons. The maximum absolute atomic E-state index is 10.2. The van der Waals surface area contributed by atoms with Crippen molar-refractivity contribution in [3.05, 3.63) is 29.3 Å². The third kappa shape index (κ3) is 4.34. The van der Waals surface area contributed by atoms with Crippen LogP contribution < -0.4 is 5.32 Å². The number of aliphatic hydroxyl groups is 2. The van der Waals surface area contributed by atoms with E-state index in [-0.39, 0.29) is 5.56 Å². The summed E-state index contributed by atoms with van der Waals surface area (Å²) in [4.78, 5) is 0. The first-order valence-electron chi connectivity index (χ1n) is 7.31. The normalized spacial score (nSPS) is 21.7. The molecule has 0 fully saturated rings. The Bertz CT molecular complexity index is 509. The molecule has 17 heavy (non-hydrogen) atoms. The summed E-state index contributed by atoms with van der Waals surface area (Å²) in [6.45, 7) is 1.11. The third-order valence-corrected chi connectivity index (χ3v) is 2.05. The Morgan fingerprint density at radius 2 is 2.12 bits per heavy atom. The molecule has 0 heterocycles. The fraction of sp³-hybridized carbons (Fsp3) is 0.538. The van der Waals surface area contributed by atoms with Gasteiger partial charge in [0.1, 0.15) is 5.75 Å².